The molecule has 0 aromatic heterocycles. The van der Waals surface area contributed by atoms with Crippen molar-refractivity contribution in [1.82, 2.24) is 0 Å². The summed E-state index contributed by atoms with van der Waals surface area (Å²) in [5.74, 6) is 0.997. The van der Waals surface area contributed by atoms with Crippen LogP contribution in [0, 0.1) is 11.3 Å². The van der Waals surface area contributed by atoms with Crippen molar-refractivity contribution in [3.63, 3.8) is 0 Å². The predicted octanol–water partition coefficient (Wildman–Crippen LogP) is 3.38. The Balaban J connectivity index is 2.83. The van der Waals surface area contributed by atoms with Gasteiger partial charge in [0.1, 0.15) is 6.07 Å². The summed E-state index contributed by atoms with van der Waals surface area (Å²) in [7, 11) is 0. The van der Waals surface area contributed by atoms with Gasteiger partial charge in [0.25, 0.3) is 0 Å². The van der Waals surface area contributed by atoms with Gasteiger partial charge in [-0.05, 0) is 31.4 Å². The molecule has 0 radical (unpaired) electrons. The smallest absolute Gasteiger partial charge is 0.101 e. The van der Waals surface area contributed by atoms with Crippen molar-refractivity contribution < 1.29 is 0 Å². The van der Waals surface area contributed by atoms with Gasteiger partial charge in [0.15, 0.2) is 0 Å². The molecule has 15 heavy (non-hydrogen) atoms. The summed E-state index contributed by atoms with van der Waals surface area (Å²) < 4.78 is 0. The number of benzene rings is 1. The van der Waals surface area contributed by atoms with Crippen molar-refractivity contribution in [2.45, 2.75) is 13.0 Å². The highest BCUT2D eigenvalue weighted by Crippen LogP contribution is 2.21. The van der Waals surface area contributed by atoms with E-state index in [1.165, 1.54) is 0 Å². The molecule has 80 valence electrons. The van der Waals surface area contributed by atoms with Crippen LogP contribution in [0.3, 0.4) is 0 Å². The Bertz CT molecular complexity index is 373. The topological polar surface area (TPSA) is 35.8 Å². The van der Waals surface area contributed by atoms with E-state index < -0.39 is 0 Å². The van der Waals surface area contributed by atoms with Gasteiger partial charge in [0.05, 0.1) is 11.3 Å². The van der Waals surface area contributed by atoms with Gasteiger partial charge in [-0.3, -0.25) is 0 Å². The van der Waals surface area contributed by atoms with Crippen LogP contribution in [0.2, 0.25) is 5.02 Å². The largest absolute Gasteiger partial charge is 0.381 e. The first-order valence-corrected chi connectivity index (χ1v) is 6.39. The monoisotopic (exact) mass is 240 g/mol. The summed E-state index contributed by atoms with van der Waals surface area (Å²) in [6.45, 7) is 2.08. The first-order valence-electron chi connectivity index (χ1n) is 4.62. The van der Waals surface area contributed by atoms with Crippen molar-refractivity contribution in [2.24, 2.45) is 0 Å². The Morgan fingerprint density at radius 2 is 2.33 bits per heavy atom. The number of hydrogen-bond acceptors (Lipinski definition) is 3. The SMILES string of the molecule is CSCC(C)Nc1cc(Cl)ccc1C#N. The predicted molar refractivity (Wildman–Crippen MR) is 67.6 cm³/mol. The molecule has 0 aliphatic rings. The average Bonchev–Trinajstić information content (AvgIpc) is 2.18. The van der Waals surface area contributed by atoms with E-state index in [1.54, 1.807) is 30.0 Å². The van der Waals surface area contributed by atoms with Gasteiger partial charge in [-0.25, -0.2) is 0 Å². The molecular formula is C11H13ClN2S. The van der Waals surface area contributed by atoms with Crippen LogP contribution in [-0.2, 0) is 0 Å². The second kappa shape index (κ2) is 5.89. The molecule has 0 spiro atoms. The zero-order chi connectivity index (χ0) is 11.3. The Morgan fingerprint density at radius 3 is 2.93 bits per heavy atom. The highest BCUT2D eigenvalue weighted by atomic mass is 35.5. The second-order valence-corrected chi connectivity index (χ2v) is 4.65. The Hall–Kier alpha value is -0.850. The number of nitrogens with one attached hydrogen (secondary N) is 1. The van der Waals surface area contributed by atoms with E-state index in [0.717, 1.165) is 11.4 Å². The maximum absolute atomic E-state index is 8.91. The molecule has 0 aliphatic heterocycles. The fourth-order valence-electron chi connectivity index (χ4n) is 1.29. The fourth-order valence-corrected chi connectivity index (χ4v) is 2.05. The van der Waals surface area contributed by atoms with Crippen molar-refractivity contribution in [1.29, 1.82) is 5.26 Å². The molecule has 4 heteroatoms. The Kier molecular flexibility index (Phi) is 4.80. The van der Waals surface area contributed by atoms with Crippen molar-refractivity contribution in [3.05, 3.63) is 28.8 Å². The first kappa shape index (κ1) is 12.2. The number of nitriles is 1. The third-order valence-electron chi connectivity index (χ3n) is 1.92. The molecule has 1 aromatic carbocycles. The fraction of sp³-hybridized carbons (Fsp3) is 0.364. The van der Waals surface area contributed by atoms with E-state index in [2.05, 4.69) is 24.6 Å². The van der Waals surface area contributed by atoms with E-state index in [1.807, 2.05) is 0 Å². The molecule has 1 N–H and O–H groups in total. The highest BCUT2D eigenvalue weighted by Gasteiger charge is 2.06. The molecule has 2 nitrogen and oxygen atoms in total. The van der Waals surface area contributed by atoms with Crippen molar-refractivity contribution in [2.75, 3.05) is 17.3 Å². The highest BCUT2D eigenvalue weighted by molar-refractivity contribution is 7.98. The lowest BCUT2D eigenvalue weighted by atomic mass is 10.2. The molecule has 1 aromatic rings. The molecule has 0 bridgehead atoms. The molecule has 0 heterocycles. The summed E-state index contributed by atoms with van der Waals surface area (Å²) in [6, 6.07) is 7.71. The lowest BCUT2D eigenvalue weighted by Crippen LogP contribution is -2.18. The van der Waals surface area contributed by atoms with Crippen LogP contribution in [0.1, 0.15) is 12.5 Å². The lowest BCUT2D eigenvalue weighted by Gasteiger charge is -2.15. The summed E-state index contributed by atoms with van der Waals surface area (Å²) in [4.78, 5) is 0. The zero-order valence-corrected chi connectivity index (χ0v) is 10.3. The average molecular weight is 241 g/mol. The Labute approximate surface area is 99.6 Å². The van der Waals surface area contributed by atoms with Crippen LogP contribution in [0.25, 0.3) is 0 Å². The quantitative estimate of drug-likeness (QED) is 0.877. The van der Waals surface area contributed by atoms with E-state index >= 15 is 0 Å². The summed E-state index contributed by atoms with van der Waals surface area (Å²) in [6.07, 6.45) is 2.06. The van der Waals surface area contributed by atoms with Crippen LogP contribution in [0.4, 0.5) is 5.69 Å². The van der Waals surface area contributed by atoms with Crippen LogP contribution < -0.4 is 5.32 Å². The number of anilines is 1. The molecule has 1 unspecified atom stereocenters. The molecule has 0 saturated carbocycles. The lowest BCUT2D eigenvalue weighted by molar-refractivity contribution is 0.913. The van der Waals surface area contributed by atoms with Gasteiger partial charge >= 0.3 is 0 Å². The number of hydrogen-bond donors (Lipinski definition) is 1. The third-order valence-corrected chi connectivity index (χ3v) is 2.99. The minimum Gasteiger partial charge on any atom is -0.381 e. The van der Waals surface area contributed by atoms with Crippen molar-refractivity contribution >= 4 is 29.1 Å². The molecular weight excluding hydrogens is 228 g/mol. The van der Waals surface area contributed by atoms with Crippen LogP contribution >= 0.6 is 23.4 Å². The maximum Gasteiger partial charge on any atom is 0.101 e. The van der Waals surface area contributed by atoms with Crippen LogP contribution in [-0.4, -0.2) is 18.1 Å². The Morgan fingerprint density at radius 1 is 1.60 bits per heavy atom. The summed E-state index contributed by atoms with van der Waals surface area (Å²) in [5.41, 5.74) is 1.44. The van der Waals surface area contributed by atoms with Gasteiger partial charge < -0.3 is 5.32 Å². The minimum atomic E-state index is 0.325. The van der Waals surface area contributed by atoms with Gasteiger partial charge in [-0.15, -0.1) is 0 Å². The zero-order valence-electron chi connectivity index (χ0n) is 8.75. The normalized spacial score (nSPS) is 11.9. The van der Waals surface area contributed by atoms with Gasteiger partial charge in [-0.2, -0.15) is 17.0 Å². The van der Waals surface area contributed by atoms with Gasteiger partial charge in [-0.1, -0.05) is 11.6 Å². The number of halogens is 1. The van der Waals surface area contributed by atoms with E-state index in [-0.39, 0.29) is 0 Å². The number of rotatable bonds is 4. The summed E-state index contributed by atoms with van der Waals surface area (Å²) >= 11 is 7.65. The van der Waals surface area contributed by atoms with E-state index in [9.17, 15) is 0 Å². The number of nitrogens with zero attached hydrogens (tertiary/aromatic N) is 1. The number of thioether (sulfide) groups is 1. The second-order valence-electron chi connectivity index (χ2n) is 3.30. The third kappa shape index (κ3) is 3.65. The van der Waals surface area contributed by atoms with E-state index in [0.29, 0.717) is 16.6 Å². The summed E-state index contributed by atoms with van der Waals surface area (Å²) in [5, 5.41) is 12.8. The van der Waals surface area contributed by atoms with Crippen LogP contribution in [0.5, 0.6) is 0 Å². The molecule has 1 atom stereocenters. The minimum absolute atomic E-state index is 0.325. The molecule has 0 saturated heterocycles. The van der Waals surface area contributed by atoms with Gasteiger partial charge in [0.2, 0.25) is 0 Å². The molecule has 0 fully saturated rings. The molecule has 0 amide bonds. The maximum atomic E-state index is 8.91. The molecule has 0 aliphatic carbocycles. The van der Waals surface area contributed by atoms with E-state index in [4.69, 9.17) is 16.9 Å². The standard InChI is InChI=1S/C11H13ClN2S/c1-8(7-15-2)14-11-5-10(12)4-3-9(11)6-13/h3-5,8,14H,7H2,1-2H3. The molecule has 1 rings (SSSR count). The first-order chi connectivity index (χ1) is 7.17. The van der Waals surface area contributed by atoms with Crippen LogP contribution in [0.15, 0.2) is 18.2 Å². The van der Waals surface area contributed by atoms with Crippen molar-refractivity contribution in [3.8, 4) is 6.07 Å². The van der Waals surface area contributed by atoms with Gasteiger partial charge in [0, 0.05) is 16.8 Å².